The maximum absolute atomic E-state index is 13.0. The number of para-hydroxylation sites is 1. The van der Waals surface area contributed by atoms with Gasteiger partial charge < -0.3 is 9.64 Å². The number of hydrogen-bond donors (Lipinski definition) is 0. The highest BCUT2D eigenvalue weighted by molar-refractivity contribution is 8.03. The van der Waals surface area contributed by atoms with Gasteiger partial charge in [-0.1, -0.05) is 42.1 Å². The largest absolute Gasteiger partial charge is 0.497 e. The number of methoxy groups -OCH3 is 1. The Morgan fingerprint density at radius 1 is 1.18 bits per heavy atom. The average molecular weight is 391 g/mol. The van der Waals surface area contributed by atoms with Crippen molar-refractivity contribution in [2.45, 2.75) is 19.3 Å². The first-order valence-electron chi connectivity index (χ1n) is 9.14. The third kappa shape index (κ3) is 3.23. The van der Waals surface area contributed by atoms with Crippen LogP contribution in [0.3, 0.4) is 0 Å². The van der Waals surface area contributed by atoms with E-state index in [2.05, 4.69) is 30.0 Å². The van der Waals surface area contributed by atoms with Crippen molar-refractivity contribution in [2.24, 2.45) is 0 Å². The second-order valence-electron chi connectivity index (χ2n) is 6.92. The van der Waals surface area contributed by atoms with E-state index in [0.29, 0.717) is 24.5 Å². The molecule has 6 heteroatoms. The average Bonchev–Trinajstić information content (AvgIpc) is 2.74. The Balaban J connectivity index is 1.66. The first-order valence-corrected chi connectivity index (χ1v) is 10.1. The molecular formula is C22H21N3O2S. The van der Waals surface area contributed by atoms with Gasteiger partial charge in [0.1, 0.15) is 5.75 Å². The number of anilines is 1. The number of rotatable bonds is 3. The summed E-state index contributed by atoms with van der Waals surface area (Å²) in [5.41, 5.74) is 3.95. The van der Waals surface area contributed by atoms with Crippen LogP contribution in [0.15, 0.2) is 59.1 Å². The Labute approximate surface area is 169 Å². The quantitative estimate of drug-likeness (QED) is 0.784. The number of carbonyl (C=O) groups excluding carboxylic acids is 1. The summed E-state index contributed by atoms with van der Waals surface area (Å²) in [6.07, 6.45) is 0.306. The van der Waals surface area contributed by atoms with Crippen LogP contribution in [0.4, 0.5) is 5.69 Å². The fourth-order valence-electron chi connectivity index (χ4n) is 3.75. The number of benzene rings is 2. The summed E-state index contributed by atoms with van der Waals surface area (Å²) < 4.78 is 5.22. The van der Waals surface area contributed by atoms with Gasteiger partial charge in [0.05, 0.1) is 36.3 Å². The zero-order valence-electron chi connectivity index (χ0n) is 15.9. The summed E-state index contributed by atoms with van der Waals surface area (Å²) in [4.78, 5) is 16.9. The molecule has 0 aromatic heterocycles. The SMILES string of the molecule is COc1ccc([C@H]2CC(=O)N3CN(c4ccccc4C)CSC3=C2C#N)cc1. The van der Waals surface area contributed by atoms with Gasteiger partial charge in [-0.05, 0) is 36.2 Å². The molecule has 1 amide bonds. The molecule has 2 aliphatic rings. The van der Waals surface area contributed by atoms with Gasteiger partial charge in [-0.25, -0.2) is 0 Å². The maximum Gasteiger partial charge on any atom is 0.229 e. The number of allylic oxidation sites excluding steroid dienone is 1. The second kappa shape index (κ2) is 7.61. The molecule has 0 unspecified atom stereocenters. The lowest BCUT2D eigenvalue weighted by Crippen LogP contribution is -2.47. The summed E-state index contributed by atoms with van der Waals surface area (Å²) in [6.45, 7) is 2.55. The molecule has 1 saturated heterocycles. The molecule has 1 fully saturated rings. The van der Waals surface area contributed by atoms with E-state index in [4.69, 9.17) is 4.74 Å². The highest BCUT2D eigenvalue weighted by atomic mass is 32.2. The fraction of sp³-hybridized carbons (Fsp3) is 0.273. The van der Waals surface area contributed by atoms with Gasteiger partial charge in [0.2, 0.25) is 5.91 Å². The first kappa shape index (κ1) is 18.5. The van der Waals surface area contributed by atoms with Crippen LogP contribution in [0, 0.1) is 18.3 Å². The van der Waals surface area contributed by atoms with Crippen LogP contribution >= 0.6 is 11.8 Å². The van der Waals surface area contributed by atoms with Crippen molar-refractivity contribution >= 4 is 23.4 Å². The van der Waals surface area contributed by atoms with Crippen LogP contribution in [0.5, 0.6) is 5.75 Å². The number of nitriles is 1. The Kier molecular flexibility index (Phi) is 5.01. The lowest BCUT2D eigenvalue weighted by molar-refractivity contribution is -0.129. The molecule has 5 nitrogen and oxygen atoms in total. The van der Waals surface area contributed by atoms with Gasteiger partial charge in [-0.3, -0.25) is 9.69 Å². The summed E-state index contributed by atoms with van der Waals surface area (Å²) in [5, 5.41) is 10.7. The molecule has 2 heterocycles. The lowest BCUT2D eigenvalue weighted by atomic mass is 9.86. The minimum atomic E-state index is -0.202. The molecule has 1 atom stereocenters. The minimum Gasteiger partial charge on any atom is -0.497 e. The maximum atomic E-state index is 13.0. The van der Waals surface area contributed by atoms with Crippen LogP contribution < -0.4 is 9.64 Å². The normalized spacial score (nSPS) is 19.3. The molecule has 28 heavy (non-hydrogen) atoms. The summed E-state index contributed by atoms with van der Waals surface area (Å²) in [7, 11) is 1.62. The van der Waals surface area contributed by atoms with Gasteiger partial charge in [-0.15, -0.1) is 0 Å². The van der Waals surface area contributed by atoms with Crippen LogP contribution in [0.1, 0.15) is 23.5 Å². The predicted molar refractivity (Wildman–Crippen MR) is 111 cm³/mol. The number of fused-ring (bicyclic) bond motifs is 1. The third-order valence-corrected chi connectivity index (χ3v) is 6.42. The molecule has 2 aromatic rings. The van der Waals surface area contributed by atoms with Gasteiger partial charge in [-0.2, -0.15) is 5.26 Å². The number of amides is 1. The first-order chi connectivity index (χ1) is 13.6. The van der Waals surface area contributed by atoms with Gasteiger partial charge in [0.15, 0.2) is 0 Å². The van der Waals surface area contributed by atoms with Crippen LogP contribution in [0.2, 0.25) is 0 Å². The van der Waals surface area contributed by atoms with Gasteiger partial charge in [0, 0.05) is 18.0 Å². The number of aryl methyl sites for hydroxylation is 1. The molecule has 4 rings (SSSR count). The zero-order chi connectivity index (χ0) is 19.7. The zero-order valence-corrected chi connectivity index (χ0v) is 16.7. The van der Waals surface area contributed by atoms with Crippen molar-refractivity contribution in [1.82, 2.24) is 4.90 Å². The van der Waals surface area contributed by atoms with Crippen molar-refractivity contribution in [1.29, 1.82) is 5.26 Å². The molecular weight excluding hydrogens is 370 g/mol. The van der Waals surface area contributed by atoms with Crippen LogP contribution in [-0.2, 0) is 4.79 Å². The van der Waals surface area contributed by atoms with E-state index in [1.165, 1.54) is 5.56 Å². The predicted octanol–water partition coefficient (Wildman–Crippen LogP) is 4.22. The van der Waals surface area contributed by atoms with Crippen molar-refractivity contribution < 1.29 is 9.53 Å². The molecule has 2 aliphatic heterocycles. The smallest absolute Gasteiger partial charge is 0.229 e. The number of nitrogens with zero attached hydrogens (tertiary/aromatic N) is 3. The summed E-state index contributed by atoms with van der Waals surface area (Å²) in [5.74, 6) is 1.33. The van der Waals surface area contributed by atoms with E-state index >= 15 is 0 Å². The topological polar surface area (TPSA) is 56.6 Å². The van der Waals surface area contributed by atoms with Crippen molar-refractivity contribution in [3.05, 3.63) is 70.3 Å². The van der Waals surface area contributed by atoms with Gasteiger partial charge in [0.25, 0.3) is 0 Å². The van der Waals surface area contributed by atoms with E-state index in [1.807, 2.05) is 36.4 Å². The molecule has 0 saturated carbocycles. The molecule has 0 radical (unpaired) electrons. The Bertz CT molecular complexity index is 978. The number of carbonyl (C=O) groups is 1. The minimum absolute atomic E-state index is 0.0561. The molecule has 0 bridgehead atoms. The van der Waals surface area contributed by atoms with E-state index in [9.17, 15) is 10.1 Å². The highest BCUT2D eigenvalue weighted by Gasteiger charge is 2.38. The molecule has 142 valence electrons. The lowest BCUT2D eigenvalue weighted by Gasteiger charge is -2.42. The van der Waals surface area contributed by atoms with Crippen LogP contribution in [0.25, 0.3) is 0 Å². The second-order valence-corrected chi connectivity index (χ2v) is 7.86. The molecule has 0 spiro atoms. The Hall–Kier alpha value is -2.91. The number of thioether (sulfide) groups is 1. The monoisotopic (exact) mass is 391 g/mol. The Morgan fingerprint density at radius 2 is 1.93 bits per heavy atom. The van der Waals surface area contributed by atoms with Gasteiger partial charge >= 0.3 is 0 Å². The standard InChI is InChI=1S/C22H21N3O2S/c1-15-5-3-4-6-20(15)24-13-25-21(26)11-18(19(12-23)22(25)28-14-24)16-7-9-17(27-2)10-8-16/h3-10,18H,11,13-14H2,1-2H3/t18-/m1/s1. The highest BCUT2D eigenvalue weighted by Crippen LogP contribution is 2.43. The summed E-state index contributed by atoms with van der Waals surface area (Å²) >= 11 is 1.56. The fourth-order valence-corrected chi connectivity index (χ4v) is 4.91. The number of ether oxygens (including phenoxy) is 1. The van der Waals surface area contributed by atoms with Crippen molar-refractivity contribution in [3.63, 3.8) is 0 Å². The summed E-state index contributed by atoms with van der Waals surface area (Å²) in [6, 6.07) is 18.2. The Morgan fingerprint density at radius 3 is 2.61 bits per heavy atom. The molecule has 0 aliphatic carbocycles. The molecule has 2 aromatic carbocycles. The van der Waals surface area contributed by atoms with E-state index in [0.717, 1.165) is 22.0 Å². The van der Waals surface area contributed by atoms with Crippen molar-refractivity contribution in [2.75, 3.05) is 24.6 Å². The van der Waals surface area contributed by atoms with E-state index < -0.39 is 0 Å². The van der Waals surface area contributed by atoms with E-state index in [-0.39, 0.29) is 11.8 Å². The van der Waals surface area contributed by atoms with E-state index in [1.54, 1.807) is 23.8 Å². The third-order valence-electron chi connectivity index (χ3n) is 5.27. The van der Waals surface area contributed by atoms with Crippen molar-refractivity contribution in [3.8, 4) is 11.8 Å². The molecule has 0 N–H and O–H groups in total. The number of hydrogen-bond acceptors (Lipinski definition) is 5. The van der Waals surface area contributed by atoms with Crippen LogP contribution in [-0.4, -0.2) is 30.5 Å².